The summed E-state index contributed by atoms with van der Waals surface area (Å²) in [4.78, 5) is 4.40. The van der Waals surface area contributed by atoms with Crippen LogP contribution in [0.25, 0.3) is 11.5 Å². The molecule has 1 saturated heterocycles. The monoisotopic (exact) mass is 275 g/mol. The maximum absolute atomic E-state index is 13.3. The Morgan fingerprint density at radius 3 is 3.15 bits per heavy atom. The molecule has 3 rings (SSSR count). The molecule has 0 radical (unpaired) electrons. The zero-order valence-electron chi connectivity index (χ0n) is 11.5. The van der Waals surface area contributed by atoms with Gasteiger partial charge in [0.15, 0.2) is 5.82 Å². The standard InChI is InChI=1S/C15H18FN3O/c1-10-4-5-12(16)8-13(10)15-18-14(19-20-15)7-11-3-2-6-17-9-11/h4-5,8,11,17H,2-3,6-7,9H2,1H3. The summed E-state index contributed by atoms with van der Waals surface area (Å²) >= 11 is 0. The average Bonchev–Trinajstić information content (AvgIpc) is 2.91. The zero-order valence-corrected chi connectivity index (χ0v) is 11.5. The second-order valence-electron chi connectivity index (χ2n) is 5.39. The molecule has 1 unspecified atom stereocenters. The van der Waals surface area contributed by atoms with Crippen molar-refractivity contribution >= 4 is 0 Å². The fourth-order valence-electron chi connectivity index (χ4n) is 2.63. The van der Waals surface area contributed by atoms with Crippen LogP contribution in [0.1, 0.15) is 24.2 Å². The summed E-state index contributed by atoms with van der Waals surface area (Å²) < 4.78 is 18.6. The zero-order chi connectivity index (χ0) is 13.9. The third kappa shape index (κ3) is 2.88. The predicted molar refractivity (Wildman–Crippen MR) is 73.7 cm³/mol. The van der Waals surface area contributed by atoms with Crippen LogP contribution in [0.15, 0.2) is 22.7 Å². The van der Waals surface area contributed by atoms with Gasteiger partial charge in [0.25, 0.3) is 5.89 Å². The summed E-state index contributed by atoms with van der Waals surface area (Å²) in [5.74, 6) is 1.38. The molecule has 2 aromatic rings. The number of rotatable bonds is 3. The van der Waals surface area contributed by atoms with Gasteiger partial charge in [-0.3, -0.25) is 0 Å². The van der Waals surface area contributed by atoms with Gasteiger partial charge in [0.1, 0.15) is 5.82 Å². The van der Waals surface area contributed by atoms with Gasteiger partial charge in [-0.25, -0.2) is 4.39 Å². The molecule has 5 heteroatoms. The van der Waals surface area contributed by atoms with E-state index in [4.69, 9.17) is 4.52 Å². The van der Waals surface area contributed by atoms with Crippen molar-refractivity contribution in [2.45, 2.75) is 26.2 Å². The number of aryl methyl sites for hydroxylation is 1. The molecule has 1 aromatic heterocycles. The van der Waals surface area contributed by atoms with E-state index in [0.717, 1.165) is 25.1 Å². The van der Waals surface area contributed by atoms with Gasteiger partial charge in [-0.1, -0.05) is 11.2 Å². The molecule has 1 N–H and O–H groups in total. The minimum absolute atomic E-state index is 0.290. The van der Waals surface area contributed by atoms with E-state index in [1.165, 1.54) is 25.0 Å². The molecule has 1 fully saturated rings. The molecule has 0 spiro atoms. The highest BCUT2D eigenvalue weighted by molar-refractivity contribution is 5.58. The number of hydrogen-bond acceptors (Lipinski definition) is 4. The van der Waals surface area contributed by atoms with Crippen LogP contribution >= 0.6 is 0 Å². The summed E-state index contributed by atoms with van der Waals surface area (Å²) in [5, 5.41) is 7.40. The smallest absolute Gasteiger partial charge is 0.258 e. The average molecular weight is 275 g/mol. The number of halogens is 1. The molecule has 0 saturated carbocycles. The van der Waals surface area contributed by atoms with Gasteiger partial charge < -0.3 is 9.84 Å². The number of benzene rings is 1. The van der Waals surface area contributed by atoms with Gasteiger partial charge in [-0.05, 0) is 56.5 Å². The molecule has 2 heterocycles. The van der Waals surface area contributed by atoms with Crippen molar-refractivity contribution in [3.8, 4) is 11.5 Å². The van der Waals surface area contributed by atoms with Crippen LogP contribution in [-0.4, -0.2) is 23.2 Å². The number of nitrogens with one attached hydrogen (secondary N) is 1. The number of hydrogen-bond donors (Lipinski definition) is 1. The highest BCUT2D eigenvalue weighted by atomic mass is 19.1. The molecule has 0 amide bonds. The second kappa shape index (κ2) is 5.71. The van der Waals surface area contributed by atoms with Gasteiger partial charge >= 0.3 is 0 Å². The van der Waals surface area contributed by atoms with Crippen LogP contribution in [0.2, 0.25) is 0 Å². The fraction of sp³-hybridized carbons (Fsp3) is 0.467. The van der Waals surface area contributed by atoms with E-state index < -0.39 is 0 Å². The highest BCUT2D eigenvalue weighted by Crippen LogP contribution is 2.23. The first-order valence-corrected chi connectivity index (χ1v) is 7.02. The minimum atomic E-state index is -0.290. The van der Waals surface area contributed by atoms with E-state index in [9.17, 15) is 4.39 Å². The number of aromatic nitrogens is 2. The summed E-state index contributed by atoms with van der Waals surface area (Å²) in [7, 11) is 0. The van der Waals surface area contributed by atoms with E-state index in [0.29, 0.717) is 23.2 Å². The summed E-state index contributed by atoms with van der Waals surface area (Å²) in [6.07, 6.45) is 3.19. The molecule has 1 atom stereocenters. The number of piperidine rings is 1. The molecule has 106 valence electrons. The Bertz CT molecular complexity index is 591. The van der Waals surface area contributed by atoms with Crippen LogP contribution in [0.5, 0.6) is 0 Å². The first-order valence-electron chi connectivity index (χ1n) is 7.02. The summed E-state index contributed by atoms with van der Waals surface area (Å²) in [5.41, 5.74) is 1.60. The Morgan fingerprint density at radius 1 is 1.45 bits per heavy atom. The van der Waals surface area contributed by atoms with Crippen molar-refractivity contribution < 1.29 is 8.91 Å². The maximum Gasteiger partial charge on any atom is 0.258 e. The van der Waals surface area contributed by atoms with Gasteiger partial charge in [0.05, 0.1) is 0 Å². The van der Waals surface area contributed by atoms with Crippen molar-refractivity contribution in [2.24, 2.45) is 5.92 Å². The van der Waals surface area contributed by atoms with Crippen LogP contribution in [0, 0.1) is 18.7 Å². The van der Waals surface area contributed by atoms with Gasteiger partial charge in [0, 0.05) is 12.0 Å². The Morgan fingerprint density at radius 2 is 2.35 bits per heavy atom. The molecule has 20 heavy (non-hydrogen) atoms. The van der Waals surface area contributed by atoms with Crippen LogP contribution in [0.3, 0.4) is 0 Å². The van der Waals surface area contributed by atoms with E-state index in [-0.39, 0.29) is 5.82 Å². The normalized spacial score (nSPS) is 19.2. The van der Waals surface area contributed by atoms with E-state index in [1.54, 1.807) is 6.07 Å². The quantitative estimate of drug-likeness (QED) is 0.935. The van der Waals surface area contributed by atoms with E-state index in [2.05, 4.69) is 15.5 Å². The van der Waals surface area contributed by atoms with Crippen molar-refractivity contribution in [2.75, 3.05) is 13.1 Å². The lowest BCUT2D eigenvalue weighted by molar-refractivity contribution is 0.360. The highest BCUT2D eigenvalue weighted by Gasteiger charge is 2.18. The van der Waals surface area contributed by atoms with Crippen LogP contribution in [-0.2, 0) is 6.42 Å². The van der Waals surface area contributed by atoms with Crippen molar-refractivity contribution in [1.29, 1.82) is 0 Å². The first-order chi connectivity index (χ1) is 9.72. The number of nitrogens with zero attached hydrogens (tertiary/aromatic N) is 2. The third-order valence-electron chi connectivity index (χ3n) is 3.77. The molecular weight excluding hydrogens is 257 g/mol. The Kier molecular flexibility index (Phi) is 3.78. The first kappa shape index (κ1) is 13.2. The Balaban J connectivity index is 1.77. The molecule has 1 aromatic carbocycles. The second-order valence-corrected chi connectivity index (χ2v) is 5.39. The van der Waals surface area contributed by atoms with Gasteiger partial charge in [-0.2, -0.15) is 4.98 Å². The van der Waals surface area contributed by atoms with E-state index >= 15 is 0 Å². The topological polar surface area (TPSA) is 51.0 Å². The Labute approximate surface area is 117 Å². The lowest BCUT2D eigenvalue weighted by Gasteiger charge is -2.20. The van der Waals surface area contributed by atoms with Crippen molar-refractivity contribution in [3.63, 3.8) is 0 Å². The van der Waals surface area contributed by atoms with Gasteiger partial charge in [-0.15, -0.1) is 0 Å². The molecule has 1 aliphatic rings. The summed E-state index contributed by atoms with van der Waals surface area (Å²) in [6, 6.07) is 4.60. The molecule has 4 nitrogen and oxygen atoms in total. The fourth-order valence-corrected chi connectivity index (χ4v) is 2.63. The van der Waals surface area contributed by atoms with Crippen LogP contribution < -0.4 is 5.32 Å². The molecule has 0 aliphatic carbocycles. The van der Waals surface area contributed by atoms with Crippen molar-refractivity contribution in [3.05, 3.63) is 35.4 Å². The van der Waals surface area contributed by atoms with E-state index in [1.807, 2.05) is 6.92 Å². The van der Waals surface area contributed by atoms with Gasteiger partial charge in [0.2, 0.25) is 0 Å². The lowest BCUT2D eigenvalue weighted by atomic mass is 9.96. The minimum Gasteiger partial charge on any atom is -0.334 e. The van der Waals surface area contributed by atoms with Crippen LogP contribution in [0.4, 0.5) is 4.39 Å². The van der Waals surface area contributed by atoms with Crippen molar-refractivity contribution in [1.82, 2.24) is 15.5 Å². The predicted octanol–water partition coefficient (Wildman–Crippen LogP) is 2.73. The lowest BCUT2D eigenvalue weighted by Crippen LogP contribution is -2.31. The molecular formula is C15H18FN3O. The Hall–Kier alpha value is -1.75. The largest absolute Gasteiger partial charge is 0.334 e. The summed E-state index contributed by atoms with van der Waals surface area (Å²) in [6.45, 7) is 4.00. The molecule has 1 aliphatic heterocycles. The molecule has 0 bridgehead atoms. The maximum atomic E-state index is 13.3. The third-order valence-corrected chi connectivity index (χ3v) is 3.77. The SMILES string of the molecule is Cc1ccc(F)cc1-c1nc(CC2CCCNC2)no1.